The van der Waals surface area contributed by atoms with Crippen molar-refractivity contribution in [2.75, 3.05) is 19.6 Å². The number of nitrogens with zero attached hydrogens (tertiary/aromatic N) is 2. The Bertz CT molecular complexity index is 1100. The Morgan fingerprint density at radius 2 is 1.81 bits per heavy atom. The van der Waals surface area contributed by atoms with E-state index in [1.807, 2.05) is 30.3 Å². The average molecular weight is 443 g/mol. The van der Waals surface area contributed by atoms with Crippen LogP contribution >= 0.6 is 0 Å². The van der Waals surface area contributed by atoms with E-state index in [4.69, 9.17) is 0 Å². The first-order chi connectivity index (χ1) is 14.8. The summed E-state index contributed by atoms with van der Waals surface area (Å²) in [5, 5.41) is 5.78. The summed E-state index contributed by atoms with van der Waals surface area (Å²) >= 11 is 0. The van der Waals surface area contributed by atoms with E-state index in [0.29, 0.717) is 31.7 Å². The Kier molecular flexibility index (Phi) is 5.72. The fourth-order valence-electron chi connectivity index (χ4n) is 4.29. The first-order valence-electron chi connectivity index (χ1n) is 10.2. The highest BCUT2D eigenvalue weighted by Gasteiger charge is 2.58. The van der Waals surface area contributed by atoms with Gasteiger partial charge in [-0.05, 0) is 42.0 Å². The van der Waals surface area contributed by atoms with Crippen LogP contribution < -0.4 is 10.6 Å². The zero-order valence-corrected chi connectivity index (χ0v) is 18.1. The van der Waals surface area contributed by atoms with E-state index in [9.17, 15) is 18.0 Å². The number of carbonyl (C=O) groups is 2. The predicted octanol–water partition coefficient (Wildman–Crippen LogP) is 0.919. The third kappa shape index (κ3) is 4.15. The SMILES string of the molecule is C=CC(=O)NC1C2CN(S(=O)(=O)c3ccc(C(=O)NCCc4ccccc4)n3C)CC21. The van der Waals surface area contributed by atoms with E-state index in [0.717, 1.165) is 5.56 Å². The molecule has 9 heteroatoms. The lowest BCUT2D eigenvalue weighted by molar-refractivity contribution is -0.116. The summed E-state index contributed by atoms with van der Waals surface area (Å²) in [7, 11) is -2.14. The molecule has 8 nitrogen and oxygen atoms in total. The maximum atomic E-state index is 13.1. The molecule has 2 aliphatic rings. The molecule has 2 amide bonds. The van der Waals surface area contributed by atoms with Crippen molar-refractivity contribution in [2.45, 2.75) is 17.5 Å². The second-order valence-corrected chi connectivity index (χ2v) is 9.88. The number of benzene rings is 1. The van der Waals surface area contributed by atoms with E-state index in [1.165, 1.54) is 27.1 Å². The fraction of sp³-hybridized carbons (Fsp3) is 0.364. The molecule has 1 aromatic heterocycles. The molecule has 164 valence electrons. The van der Waals surface area contributed by atoms with Crippen LogP contribution in [0.4, 0.5) is 0 Å². The van der Waals surface area contributed by atoms with Crippen LogP contribution in [0.15, 0.2) is 60.1 Å². The second kappa shape index (κ2) is 8.32. The van der Waals surface area contributed by atoms with Gasteiger partial charge in [-0.15, -0.1) is 0 Å². The van der Waals surface area contributed by atoms with Crippen molar-refractivity contribution >= 4 is 21.8 Å². The number of rotatable bonds is 8. The van der Waals surface area contributed by atoms with Crippen LogP contribution in [-0.2, 0) is 28.3 Å². The molecule has 1 aromatic carbocycles. The summed E-state index contributed by atoms with van der Waals surface area (Å²) in [5.74, 6) is -0.296. The smallest absolute Gasteiger partial charge is 0.267 e. The molecule has 0 radical (unpaired) electrons. The molecular formula is C22H26N4O4S. The van der Waals surface area contributed by atoms with Gasteiger partial charge < -0.3 is 15.2 Å². The number of sulfonamides is 1. The summed E-state index contributed by atoms with van der Waals surface area (Å²) in [5.41, 5.74) is 1.42. The molecule has 2 heterocycles. The number of carbonyl (C=O) groups excluding carboxylic acids is 2. The van der Waals surface area contributed by atoms with Gasteiger partial charge in [0.05, 0.1) is 0 Å². The molecule has 2 atom stereocenters. The van der Waals surface area contributed by atoms with Gasteiger partial charge in [-0.1, -0.05) is 36.9 Å². The molecule has 2 N–H and O–H groups in total. The minimum atomic E-state index is -3.72. The maximum absolute atomic E-state index is 13.1. The summed E-state index contributed by atoms with van der Waals surface area (Å²) in [6.45, 7) is 4.62. The molecule has 31 heavy (non-hydrogen) atoms. The van der Waals surface area contributed by atoms with Gasteiger partial charge in [-0.2, -0.15) is 4.31 Å². The van der Waals surface area contributed by atoms with Crippen molar-refractivity contribution in [3.8, 4) is 0 Å². The zero-order valence-electron chi connectivity index (χ0n) is 17.3. The lowest BCUT2D eigenvalue weighted by Crippen LogP contribution is -2.37. The lowest BCUT2D eigenvalue weighted by Gasteiger charge is -2.20. The number of aromatic nitrogens is 1. The molecule has 2 aromatic rings. The van der Waals surface area contributed by atoms with Crippen LogP contribution in [0.25, 0.3) is 0 Å². The summed E-state index contributed by atoms with van der Waals surface area (Å²) < 4.78 is 29.1. The molecule has 1 saturated carbocycles. The van der Waals surface area contributed by atoms with Gasteiger partial charge in [0.25, 0.3) is 15.9 Å². The summed E-state index contributed by atoms with van der Waals surface area (Å²) in [6, 6.07) is 12.8. The van der Waals surface area contributed by atoms with E-state index in [-0.39, 0.29) is 34.7 Å². The van der Waals surface area contributed by atoms with E-state index in [1.54, 1.807) is 7.05 Å². The Hall–Kier alpha value is -2.91. The number of nitrogens with one attached hydrogen (secondary N) is 2. The molecule has 0 bridgehead atoms. The van der Waals surface area contributed by atoms with Crippen molar-refractivity contribution < 1.29 is 18.0 Å². The van der Waals surface area contributed by atoms with Gasteiger partial charge in [-0.3, -0.25) is 9.59 Å². The molecule has 1 aliphatic carbocycles. The zero-order chi connectivity index (χ0) is 22.2. The molecule has 2 fully saturated rings. The van der Waals surface area contributed by atoms with E-state index in [2.05, 4.69) is 17.2 Å². The highest BCUT2D eigenvalue weighted by atomic mass is 32.2. The first kappa shape index (κ1) is 21.3. The standard InChI is InChI=1S/C22H26N4O4S/c1-3-19(27)24-21-16-13-26(14-17(16)21)31(29,30)20-10-9-18(25(20)2)22(28)23-12-11-15-7-5-4-6-8-15/h3-10,16-17,21H,1,11-14H2,2H3,(H,23,28)(H,24,27). The number of fused-ring (bicyclic) bond motifs is 1. The third-order valence-corrected chi connectivity index (χ3v) is 8.03. The largest absolute Gasteiger partial charge is 0.350 e. The van der Waals surface area contributed by atoms with Gasteiger partial charge >= 0.3 is 0 Å². The highest BCUT2D eigenvalue weighted by Crippen LogP contribution is 2.47. The molecule has 4 rings (SSSR count). The van der Waals surface area contributed by atoms with Crippen LogP contribution in [0.5, 0.6) is 0 Å². The fourth-order valence-corrected chi connectivity index (χ4v) is 5.97. The van der Waals surface area contributed by atoms with Crippen LogP contribution in [0, 0.1) is 11.8 Å². The molecule has 0 spiro atoms. The maximum Gasteiger partial charge on any atom is 0.267 e. The summed E-state index contributed by atoms with van der Waals surface area (Å²) in [6.07, 6.45) is 1.92. The van der Waals surface area contributed by atoms with Crippen molar-refractivity contribution in [2.24, 2.45) is 18.9 Å². The number of piperidine rings is 1. The second-order valence-electron chi connectivity index (χ2n) is 8.00. The van der Waals surface area contributed by atoms with Gasteiger partial charge in [0, 0.05) is 32.7 Å². The Labute approximate surface area is 182 Å². The molecule has 2 unspecified atom stereocenters. The van der Waals surface area contributed by atoms with Crippen LogP contribution in [0.3, 0.4) is 0 Å². The number of hydrogen-bond acceptors (Lipinski definition) is 4. The van der Waals surface area contributed by atoms with Gasteiger partial charge in [-0.25, -0.2) is 8.42 Å². The number of hydrogen-bond donors (Lipinski definition) is 2. The minimum Gasteiger partial charge on any atom is -0.350 e. The van der Waals surface area contributed by atoms with Gasteiger partial charge in [0.1, 0.15) is 5.69 Å². The topological polar surface area (TPSA) is 101 Å². The van der Waals surface area contributed by atoms with Crippen LogP contribution in [0.1, 0.15) is 16.1 Å². The monoisotopic (exact) mass is 442 g/mol. The normalized spacial score (nSPS) is 22.5. The van der Waals surface area contributed by atoms with Crippen LogP contribution in [0.2, 0.25) is 0 Å². The third-order valence-electron chi connectivity index (χ3n) is 6.11. The number of amides is 2. The van der Waals surface area contributed by atoms with E-state index >= 15 is 0 Å². The molecule has 1 saturated heterocycles. The van der Waals surface area contributed by atoms with Crippen molar-refractivity contribution in [1.82, 2.24) is 19.5 Å². The lowest BCUT2D eigenvalue weighted by atomic mass is 10.1. The Balaban J connectivity index is 1.37. The Morgan fingerprint density at radius 3 is 2.45 bits per heavy atom. The Morgan fingerprint density at radius 1 is 1.13 bits per heavy atom. The van der Waals surface area contributed by atoms with Gasteiger partial charge in [0.2, 0.25) is 5.91 Å². The summed E-state index contributed by atoms with van der Waals surface area (Å²) in [4.78, 5) is 24.0. The average Bonchev–Trinajstić information content (AvgIpc) is 3.11. The highest BCUT2D eigenvalue weighted by molar-refractivity contribution is 7.89. The first-order valence-corrected chi connectivity index (χ1v) is 11.7. The van der Waals surface area contributed by atoms with Crippen molar-refractivity contribution in [1.29, 1.82) is 0 Å². The van der Waals surface area contributed by atoms with Gasteiger partial charge in [0.15, 0.2) is 5.03 Å². The van der Waals surface area contributed by atoms with Crippen LogP contribution in [-0.4, -0.2) is 54.8 Å². The van der Waals surface area contributed by atoms with E-state index < -0.39 is 10.0 Å². The van der Waals surface area contributed by atoms with Crippen molar-refractivity contribution in [3.05, 3.63) is 66.4 Å². The molecular weight excluding hydrogens is 416 g/mol. The quantitative estimate of drug-likeness (QED) is 0.594. The molecule has 1 aliphatic heterocycles. The predicted molar refractivity (Wildman–Crippen MR) is 116 cm³/mol. The van der Waals surface area contributed by atoms with Crippen molar-refractivity contribution in [3.63, 3.8) is 0 Å². The minimum absolute atomic E-state index is 0.0105.